The minimum Gasteiger partial charge on any atom is -0.445 e. The van der Waals surface area contributed by atoms with Crippen molar-refractivity contribution in [2.24, 2.45) is 0 Å². The summed E-state index contributed by atoms with van der Waals surface area (Å²) in [4.78, 5) is 14.1. The molecule has 29 heavy (non-hydrogen) atoms. The van der Waals surface area contributed by atoms with Gasteiger partial charge in [0.1, 0.15) is 12.4 Å². The van der Waals surface area contributed by atoms with Crippen molar-refractivity contribution in [3.8, 4) is 5.69 Å². The molecule has 1 amide bonds. The number of para-hydroxylation sites is 1. The molecular formula is C21H21ClN4O2S. The molecule has 2 aromatic carbocycles. The van der Waals surface area contributed by atoms with Gasteiger partial charge in [0.15, 0.2) is 5.16 Å². The number of rotatable bonds is 4. The quantitative estimate of drug-likeness (QED) is 0.610. The number of benzene rings is 2. The molecule has 0 radical (unpaired) electrons. The maximum atomic E-state index is 12.4. The Morgan fingerprint density at radius 2 is 1.76 bits per heavy atom. The number of thiol groups is 1. The molecule has 1 saturated heterocycles. The summed E-state index contributed by atoms with van der Waals surface area (Å²) in [6.45, 7) is 1.49. The molecule has 0 aliphatic carbocycles. The first-order valence-corrected chi connectivity index (χ1v) is 10.3. The van der Waals surface area contributed by atoms with E-state index in [-0.39, 0.29) is 18.6 Å². The highest BCUT2D eigenvalue weighted by Gasteiger charge is 2.29. The Bertz CT molecular complexity index is 987. The van der Waals surface area contributed by atoms with Gasteiger partial charge in [-0.3, -0.25) is 4.57 Å². The van der Waals surface area contributed by atoms with Gasteiger partial charge >= 0.3 is 6.09 Å². The zero-order chi connectivity index (χ0) is 20.2. The van der Waals surface area contributed by atoms with Crippen LogP contribution in [0.15, 0.2) is 59.8 Å². The second kappa shape index (κ2) is 8.88. The van der Waals surface area contributed by atoms with E-state index in [9.17, 15) is 4.79 Å². The number of carbonyl (C=O) groups is 1. The predicted octanol–water partition coefficient (Wildman–Crippen LogP) is 4.73. The van der Waals surface area contributed by atoms with Crippen LogP contribution in [0.25, 0.3) is 5.69 Å². The van der Waals surface area contributed by atoms with Crippen LogP contribution in [0.4, 0.5) is 4.79 Å². The molecule has 8 heteroatoms. The van der Waals surface area contributed by atoms with Crippen molar-refractivity contribution >= 4 is 30.3 Å². The van der Waals surface area contributed by atoms with Crippen LogP contribution in [-0.2, 0) is 11.3 Å². The zero-order valence-electron chi connectivity index (χ0n) is 15.7. The molecule has 3 aromatic rings. The fourth-order valence-electron chi connectivity index (χ4n) is 3.55. The van der Waals surface area contributed by atoms with Gasteiger partial charge in [0.2, 0.25) is 0 Å². The number of carbonyl (C=O) groups excluding carboxylic acids is 1. The smallest absolute Gasteiger partial charge is 0.410 e. The van der Waals surface area contributed by atoms with Crippen LogP contribution < -0.4 is 0 Å². The standard InChI is InChI=1S/C21H21ClN4O2S/c22-17-8-4-5-9-18(17)26-19(23-24-20(26)29)16-10-12-25(13-11-16)21(27)28-14-15-6-2-1-3-7-15/h1-9,16H,10-14H2,(H,24,29). The summed E-state index contributed by atoms with van der Waals surface area (Å²) in [7, 11) is 0. The minimum absolute atomic E-state index is 0.165. The lowest BCUT2D eigenvalue weighted by atomic mass is 9.96. The van der Waals surface area contributed by atoms with Crippen LogP contribution in [0.3, 0.4) is 0 Å². The first-order chi connectivity index (χ1) is 14.1. The van der Waals surface area contributed by atoms with E-state index in [2.05, 4.69) is 22.8 Å². The van der Waals surface area contributed by atoms with Crippen LogP contribution in [0.5, 0.6) is 0 Å². The number of ether oxygens (including phenoxy) is 1. The molecular weight excluding hydrogens is 408 g/mol. The molecule has 0 bridgehead atoms. The zero-order valence-corrected chi connectivity index (χ0v) is 17.4. The molecule has 1 aromatic heterocycles. The van der Waals surface area contributed by atoms with E-state index in [1.54, 1.807) is 4.90 Å². The van der Waals surface area contributed by atoms with Crippen LogP contribution >= 0.6 is 24.2 Å². The van der Waals surface area contributed by atoms with Crippen LogP contribution in [-0.4, -0.2) is 38.8 Å². The van der Waals surface area contributed by atoms with Crippen LogP contribution in [0.2, 0.25) is 5.02 Å². The normalized spacial score (nSPS) is 14.8. The maximum Gasteiger partial charge on any atom is 0.410 e. The van der Waals surface area contributed by atoms with Gasteiger partial charge in [-0.15, -0.1) is 22.8 Å². The third-order valence-corrected chi connectivity index (χ3v) is 5.70. The van der Waals surface area contributed by atoms with E-state index >= 15 is 0 Å². The monoisotopic (exact) mass is 428 g/mol. The third kappa shape index (κ3) is 4.41. The topological polar surface area (TPSA) is 60.2 Å². The van der Waals surface area contributed by atoms with Crippen LogP contribution in [0, 0.1) is 0 Å². The summed E-state index contributed by atoms with van der Waals surface area (Å²) in [5.41, 5.74) is 1.79. The molecule has 2 heterocycles. The summed E-state index contributed by atoms with van der Waals surface area (Å²) in [6, 6.07) is 17.2. The number of amides is 1. The highest BCUT2D eigenvalue weighted by atomic mass is 35.5. The van der Waals surface area contributed by atoms with Crippen molar-refractivity contribution in [2.75, 3.05) is 13.1 Å². The fraction of sp³-hybridized carbons (Fsp3) is 0.286. The highest BCUT2D eigenvalue weighted by molar-refractivity contribution is 7.80. The Morgan fingerprint density at radius 1 is 1.07 bits per heavy atom. The summed E-state index contributed by atoms with van der Waals surface area (Å²) >= 11 is 10.8. The van der Waals surface area contributed by atoms with Gasteiger partial charge < -0.3 is 9.64 Å². The molecule has 0 unspecified atom stereocenters. The summed E-state index contributed by atoms with van der Waals surface area (Å²) in [6.07, 6.45) is 1.27. The van der Waals surface area contributed by atoms with Gasteiger partial charge in [0.05, 0.1) is 10.7 Å². The lowest BCUT2D eigenvalue weighted by Crippen LogP contribution is -2.38. The van der Waals surface area contributed by atoms with Gasteiger partial charge in [-0.2, -0.15) is 0 Å². The molecule has 0 N–H and O–H groups in total. The van der Waals surface area contributed by atoms with Crippen molar-refractivity contribution < 1.29 is 9.53 Å². The highest BCUT2D eigenvalue weighted by Crippen LogP contribution is 2.32. The van der Waals surface area contributed by atoms with Gasteiger partial charge in [-0.1, -0.05) is 54.1 Å². The van der Waals surface area contributed by atoms with E-state index in [1.807, 2.05) is 59.2 Å². The number of hydrogen-bond acceptors (Lipinski definition) is 5. The molecule has 1 aliphatic rings. The average Bonchev–Trinajstić information content (AvgIpc) is 3.14. The van der Waals surface area contributed by atoms with Crippen molar-refractivity contribution in [1.82, 2.24) is 19.7 Å². The van der Waals surface area contributed by atoms with Crippen molar-refractivity contribution in [1.29, 1.82) is 0 Å². The number of hydrogen-bond donors (Lipinski definition) is 1. The number of piperidine rings is 1. The first kappa shape index (κ1) is 19.8. The number of halogens is 1. The second-order valence-corrected chi connectivity index (χ2v) is 7.75. The molecule has 4 rings (SSSR count). The lowest BCUT2D eigenvalue weighted by Gasteiger charge is -2.31. The van der Waals surface area contributed by atoms with E-state index in [0.29, 0.717) is 23.3 Å². The van der Waals surface area contributed by atoms with Gasteiger partial charge in [0, 0.05) is 19.0 Å². The number of aromatic nitrogens is 3. The van der Waals surface area contributed by atoms with Crippen molar-refractivity contribution in [2.45, 2.75) is 30.5 Å². The Kier molecular flexibility index (Phi) is 6.06. The minimum atomic E-state index is -0.283. The molecule has 0 saturated carbocycles. The molecule has 150 valence electrons. The SMILES string of the molecule is O=C(OCc1ccccc1)N1CCC(c2nnc(S)n2-c2ccccc2Cl)CC1. The van der Waals surface area contributed by atoms with E-state index in [0.717, 1.165) is 29.9 Å². The van der Waals surface area contributed by atoms with Gasteiger partial charge in [-0.05, 0) is 30.5 Å². The Labute approximate surface area is 179 Å². The number of likely N-dealkylation sites (tertiary alicyclic amines) is 1. The van der Waals surface area contributed by atoms with E-state index < -0.39 is 0 Å². The second-order valence-electron chi connectivity index (χ2n) is 6.95. The molecule has 1 fully saturated rings. The van der Waals surface area contributed by atoms with Crippen molar-refractivity contribution in [3.05, 3.63) is 71.0 Å². The molecule has 6 nitrogen and oxygen atoms in total. The number of nitrogens with zero attached hydrogens (tertiary/aromatic N) is 4. The average molecular weight is 429 g/mol. The Hall–Kier alpha value is -2.51. The third-order valence-electron chi connectivity index (χ3n) is 5.09. The van der Waals surface area contributed by atoms with Gasteiger partial charge in [-0.25, -0.2) is 4.79 Å². The first-order valence-electron chi connectivity index (χ1n) is 9.48. The summed E-state index contributed by atoms with van der Waals surface area (Å²) in [5.74, 6) is 0.984. The Balaban J connectivity index is 1.40. The summed E-state index contributed by atoms with van der Waals surface area (Å²) < 4.78 is 7.33. The van der Waals surface area contributed by atoms with E-state index in [1.165, 1.54) is 0 Å². The predicted molar refractivity (Wildman–Crippen MR) is 114 cm³/mol. The molecule has 0 spiro atoms. The van der Waals surface area contributed by atoms with Crippen LogP contribution in [0.1, 0.15) is 30.1 Å². The Morgan fingerprint density at radius 3 is 2.48 bits per heavy atom. The lowest BCUT2D eigenvalue weighted by molar-refractivity contribution is 0.0865. The van der Waals surface area contributed by atoms with E-state index in [4.69, 9.17) is 16.3 Å². The largest absolute Gasteiger partial charge is 0.445 e. The maximum absolute atomic E-state index is 12.4. The fourth-order valence-corrected chi connectivity index (χ4v) is 4.02. The summed E-state index contributed by atoms with van der Waals surface area (Å²) in [5, 5.41) is 9.60. The van der Waals surface area contributed by atoms with Gasteiger partial charge in [0.25, 0.3) is 0 Å². The van der Waals surface area contributed by atoms with Crippen molar-refractivity contribution in [3.63, 3.8) is 0 Å². The molecule has 1 aliphatic heterocycles. The molecule has 0 atom stereocenters.